The zero-order chi connectivity index (χ0) is 36.8. The van der Waals surface area contributed by atoms with Crippen molar-refractivity contribution in [2.24, 2.45) is 0 Å². The third-order valence-corrected chi connectivity index (χ3v) is 8.17. The van der Waals surface area contributed by atoms with Crippen LogP contribution in [0.5, 0.6) is 0 Å². The van der Waals surface area contributed by atoms with Gasteiger partial charge in [-0.05, 0) is 20.5 Å². The maximum Gasteiger partial charge on any atom is 0.0701 e. The minimum atomic E-state index is 0.531. The Morgan fingerprint density at radius 2 is 0.431 bits per heavy atom. The first kappa shape index (κ1) is 50.6. The van der Waals surface area contributed by atoms with Crippen molar-refractivity contribution in [1.29, 1.82) is 0 Å². The van der Waals surface area contributed by atoms with Crippen molar-refractivity contribution in [1.82, 2.24) is 4.90 Å². The van der Waals surface area contributed by atoms with Gasteiger partial charge in [-0.3, -0.25) is 0 Å². The summed E-state index contributed by atoms with van der Waals surface area (Å²) in [6.45, 7) is 14.9. The highest BCUT2D eigenvalue weighted by molar-refractivity contribution is 4.50. The molecule has 0 bridgehead atoms. The second-order valence-corrected chi connectivity index (χ2v) is 13.2. The first-order valence-electron chi connectivity index (χ1n) is 20.7. The molecule has 51 heavy (non-hydrogen) atoms. The number of unbranched alkanes of at least 4 members (excludes halogenated alkanes) is 15. The van der Waals surface area contributed by atoms with Crippen molar-refractivity contribution < 1.29 is 47.4 Å². The van der Waals surface area contributed by atoms with Crippen LogP contribution >= 0.6 is 0 Å². The number of ether oxygens (including phenoxy) is 10. The monoisotopic (exact) mass is 738 g/mol. The topological polar surface area (TPSA) is 95.5 Å². The Hall–Kier alpha value is -0.440. The van der Waals surface area contributed by atoms with Crippen LogP contribution in [0.2, 0.25) is 0 Å². The Balaban J connectivity index is 3.05. The highest BCUT2D eigenvalue weighted by Gasteiger charge is 1.98. The van der Waals surface area contributed by atoms with Crippen LogP contribution in [0.4, 0.5) is 0 Å². The van der Waals surface area contributed by atoms with E-state index in [1.165, 1.54) is 96.3 Å². The third-order valence-electron chi connectivity index (χ3n) is 8.17. The lowest BCUT2D eigenvalue weighted by atomic mass is 10.0. The summed E-state index contributed by atoms with van der Waals surface area (Å²) < 4.78 is 55.3. The normalized spacial score (nSPS) is 11.8. The number of hydrogen-bond acceptors (Lipinski definition) is 11. The molecule has 0 radical (unpaired) electrons. The van der Waals surface area contributed by atoms with Crippen LogP contribution in [0.25, 0.3) is 0 Å². The van der Waals surface area contributed by atoms with E-state index in [4.69, 9.17) is 47.4 Å². The Labute approximate surface area is 314 Å². The molecule has 0 N–H and O–H groups in total. The van der Waals surface area contributed by atoms with E-state index in [1.807, 2.05) is 14.1 Å². The van der Waals surface area contributed by atoms with E-state index in [1.54, 1.807) is 0 Å². The van der Waals surface area contributed by atoms with Crippen LogP contribution in [0.3, 0.4) is 0 Å². The van der Waals surface area contributed by atoms with Crippen molar-refractivity contribution in [2.75, 3.05) is 153 Å². The van der Waals surface area contributed by atoms with Gasteiger partial charge in [0.2, 0.25) is 0 Å². The minimum Gasteiger partial charge on any atom is -0.379 e. The van der Waals surface area contributed by atoms with Crippen molar-refractivity contribution in [3.05, 3.63) is 0 Å². The van der Waals surface area contributed by atoms with Gasteiger partial charge in [0, 0.05) is 13.2 Å². The van der Waals surface area contributed by atoms with Crippen molar-refractivity contribution in [3.63, 3.8) is 0 Å². The summed E-state index contributed by atoms with van der Waals surface area (Å²) in [5.41, 5.74) is 0. The number of likely N-dealkylation sites (N-methyl/N-ethyl adjacent to an activating group) is 1. The zero-order valence-corrected chi connectivity index (χ0v) is 33.7. The summed E-state index contributed by atoms with van der Waals surface area (Å²) in [4.78, 5) is 2.09. The van der Waals surface area contributed by atoms with Gasteiger partial charge in [0.1, 0.15) is 0 Å². The van der Waals surface area contributed by atoms with Gasteiger partial charge in [-0.15, -0.1) is 0 Å². The predicted octanol–water partition coefficient (Wildman–Crippen LogP) is 6.98. The number of rotatable bonds is 47. The third kappa shape index (κ3) is 49.6. The van der Waals surface area contributed by atoms with Gasteiger partial charge in [-0.1, -0.05) is 103 Å². The Kier molecular flexibility index (Phi) is 47.2. The maximum absolute atomic E-state index is 5.69. The molecule has 0 unspecified atom stereocenters. The lowest BCUT2D eigenvalue weighted by Crippen LogP contribution is -2.19. The first-order valence-corrected chi connectivity index (χ1v) is 20.7. The molecule has 0 amide bonds. The van der Waals surface area contributed by atoms with Crippen molar-refractivity contribution >= 4 is 0 Å². The number of nitrogens with zero attached hydrogens (tertiary/aromatic N) is 1. The summed E-state index contributed by atoms with van der Waals surface area (Å²) in [6.07, 6.45) is 22.2. The largest absolute Gasteiger partial charge is 0.379 e. The first-order chi connectivity index (χ1) is 25.3. The standard InChI is InChI=1S/C40H83NO10/c1-4-5-6-7-8-9-10-11-12-13-14-15-16-17-18-19-21-42-23-25-44-27-29-46-31-33-48-35-37-50-39-40-51-38-36-49-34-32-47-30-28-45-26-24-43-22-20-41(2)3/h4-40H2,1-3H3. The molecule has 0 rings (SSSR count). The quantitative estimate of drug-likeness (QED) is 0.0606. The molecule has 0 aliphatic carbocycles. The molecule has 0 saturated carbocycles. The molecule has 0 atom stereocenters. The van der Waals surface area contributed by atoms with E-state index in [2.05, 4.69) is 11.8 Å². The van der Waals surface area contributed by atoms with Crippen LogP contribution in [-0.2, 0) is 47.4 Å². The zero-order valence-electron chi connectivity index (χ0n) is 33.7. The van der Waals surface area contributed by atoms with Crippen LogP contribution < -0.4 is 0 Å². The molecule has 0 aromatic carbocycles. The fraction of sp³-hybridized carbons (Fsp3) is 1.00. The van der Waals surface area contributed by atoms with Gasteiger partial charge in [0.15, 0.2) is 0 Å². The summed E-state index contributed by atoms with van der Waals surface area (Å²) in [6, 6.07) is 0. The van der Waals surface area contributed by atoms with E-state index in [-0.39, 0.29) is 0 Å². The predicted molar refractivity (Wildman–Crippen MR) is 206 cm³/mol. The maximum atomic E-state index is 5.69. The van der Waals surface area contributed by atoms with Gasteiger partial charge in [0.25, 0.3) is 0 Å². The lowest BCUT2D eigenvalue weighted by Gasteiger charge is -2.10. The average Bonchev–Trinajstić information content (AvgIpc) is 3.13. The summed E-state index contributed by atoms with van der Waals surface area (Å²) in [5.74, 6) is 0. The van der Waals surface area contributed by atoms with E-state index in [0.717, 1.165) is 26.2 Å². The average molecular weight is 738 g/mol. The van der Waals surface area contributed by atoms with Gasteiger partial charge < -0.3 is 52.3 Å². The molecule has 308 valence electrons. The molecule has 11 heteroatoms. The molecule has 0 aliphatic rings. The highest BCUT2D eigenvalue weighted by Crippen LogP contribution is 2.13. The lowest BCUT2D eigenvalue weighted by molar-refractivity contribution is -0.0265. The van der Waals surface area contributed by atoms with Crippen LogP contribution in [-0.4, -0.2) is 158 Å². The van der Waals surface area contributed by atoms with Crippen LogP contribution in [0.1, 0.15) is 110 Å². The molecular formula is C40H83NO10. The van der Waals surface area contributed by atoms with Crippen LogP contribution in [0, 0.1) is 0 Å². The molecule has 0 heterocycles. The highest BCUT2D eigenvalue weighted by atomic mass is 16.6. The van der Waals surface area contributed by atoms with Gasteiger partial charge in [0.05, 0.1) is 126 Å². The second-order valence-electron chi connectivity index (χ2n) is 13.2. The molecule has 0 saturated heterocycles. The SMILES string of the molecule is CCCCCCCCCCCCCCCCCCOCCOCCOCCOCCOCCOCCOCCOCCOCCOCCN(C)C. The van der Waals surface area contributed by atoms with Crippen LogP contribution in [0.15, 0.2) is 0 Å². The minimum absolute atomic E-state index is 0.531. The van der Waals surface area contributed by atoms with Gasteiger partial charge >= 0.3 is 0 Å². The molecule has 0 aliphatic heterocycles. The second kappa shape index (κ2) is 47.6. The molecule has 11 nitrogen and oxygen atoms in total. The Morgan fingerprint density at radius 3 is 0.667 bits per heavy atom. The molecule has 0 spiro atoms. The van der Waals surface area contributed by atoms with E-state index in [0.29, 0.717) is 119 Å². The molecule has 0 fully saturated rings. The molecule has 0 aromatic rings. The van der Waals surface area contributed by atoms with Gasteiger partial charge in [-0.2, -0.15) is 0 Å². The fourth-order valence-corrected chi connectivity index (χ4v) is 5.08. The smallest absolute Gasteiger partial charge is 0.0701 e. The number of hydrogen-bond donors (Lipinski definition) is 0. The fourth-order valence-electron chi connectivity index (χ4n) is 5.08. The Bertz CT molecular complexity index is 606. The molecule has 0 aromatic heterocycles. The summed E-state index contributed by atoms with van der Waals surface area (Å²) in [5, 5.41) is 0. The Morgan fingerprint density at radius 1 is 0.235 bits per heavy atom. The van der Waals surface area contributed by atoms with E-state index < -0.39 is 0 Å². The van der Waals surface area contributed by atoms with Crippen molar-refractivity contribution in [2.45, 2.75) is 110 Å². The van der Waals surface area contributed by atoms with E-state index >= 15 is 0 Å². The summed E-state index contributed by atoms with van der Waals surface area (Å²) in [7, 11) is 4.05. The van der Waals surface area contributed by atoms with Crippen molar-refractivity contribution in [3.8, 4) is 0 Å². The molecular weight excluding hydrogens is 654 g/mol. The summed E-state index contributed by atoms with van der Waals surface area (Å²) >= 11 is 0. The van der Waals surface area contributed by atoms with Gasteiger partial charge in [-0.25, -0.2) is 0 Å². The van der Waals surface area contributed by atoms with E-state index in [9.17, 15) is 0 Å².